The molecule has 2 rings (SSSR count). The van der Waals surface area contributed by atoms with Crippen molar-refractivity contribution in [2.24, 2.45) is 5.41 Å². The maximum absolute atomic E-state index is 12.3. The highest BCUT2D eigenvalue weighted by Gasteiger charge is 2.21. The molecule has 3 nitrogen and oxygen atoms in total. The largest absolute Gasteiger partial charge is 0.393 e. The number of carbonyl (C=O) groups is 1. The third-order valence-corrected chi connectivity index (χ3v) is 4.19. The lowest BCUT2D eigenvalue weighted by Gasteiger charge is -2.26. The predicted octanol–water partition coefficient (Wildman–Crippen LogP) is 3.09. The van der Waals surface area contributed by atoms with Gasteiger partial charge in [-0.3, -0.25) is 4.79 Å². The van der Waals surface area contributed by atoms with Gasteiger partial charge in [-0.05, 0) is 67.7 Å². The zero-order valence-corrected chi connectivity index (χ0v) is 13.4. The Morgan fingerprint density at radius 1 is 1.29 bits per heavy atom. The third-order valence-electron chi connectivity index (χ3n) is 4.19. The lowest BCUT2D eigenvalue weighted by molar-refractivity contribution is 0.0902. The van der Waals surface area contributed by atoms with Crippen LogP contribution in [0.1, 0.15) is 61.5 Å². The summed E-state index contributed by atoms with van der Waals surface area (Å²) < 4.78 is 0. The Kier molecular flexibility index (Phi) is 5.04. The summed E-state index contributed by atoms with van der Waals surface area (Å²) in [6.45, 7) is 6.49. The van der Waals surface area contributed by atoms with Crippen molar-refractivity contribution in [3.05, 3.63) is 34.9 Å². The minimum atomic E-state index is -0.347. The predicted molar refractivity (Wildman–Crippen MR) is 85.5 cm³/mol. The van der Waals surface area contributed by atoms with Gasteiger partial charge in [0.25, 0.3) is 5.91 Å². The first kappa shape index (κ1) is 16.0. The molecule has 1 aromatic rings. The average molecular weight is 289 g/mol. The second-order valence-corrected chi connectivity index (χ2v) is 7.09. The number of hydrogen-bond acceptors (Lipinski definition) is 2. The molecule has 0 saturated carbocycles. The van der Waals surface area contributed by atoms with Crippen LogP contribution in [0.5, 0.6) is 0 Å². The van der Waals surface area contributed by atoms with Crippen molar-refractivity contribution in [3.63, 3.8) is 0 Å². The van der Waals surface area contributed by atoms with Gasteiger partial charge in [0.05, 0.1) is 6.10 Å². The van der Waals surface area contributed by atoms with E-state index in [0.717, 1.165) is 18.4 Å². The minimum Gasteiger partial charge on any atom is -0.393 e. The highest BCUT2D eigenvalue weighted by molar-refractivity contribution is 5.94. The highest BCUT2D eigenvalue weighted by atomic mass is 16.3. The molecule has 1 amide bonds. The van der Waals surface area contributed by atoms with E-state index in [4.69, 9.17) is 0 Å². The van der Waals surface area contributed by atoms with Crippen LogP contribution in [-0.2, 0) is 12.8 Å². The zero-order chi connectivity index (χ0) is 15.5. The van der Waals surface area contributed by atoms with E-state index in [9.17, 15) is 9.90 Å². The Morgan fingerprint density at radius 3 is 2.62 bits per heavy atom. The van der Waals surface area contributed by atoms with Gasteiger partial charge in [-0.15, -0.1) is 0 Å². The summed E-state index contributed by atoms with van der Waals surface area (Å²) in [6, 6.07) is 6.08. The molecule has 0 aliphatic heterocycles. The van der Waals surface area contributed by atoms with Crippen molar-refractivity contribution in [2.45, 2.75) is 59.0 Å². The van der Waals surface area contributed by atoms with Crippen LogP contribution in [0, 0.1) is 5.41 Å². The summed E-state index contributed by atoms with van der Waals surface area (Å²) in [5.74, 6) is -0.0120. The second-order valence-electron chi connectivity index (χ2n) is 7.09. The number of aryl methyl sites for hydroxylation is 2. The van der Waals surface area contributed by atoms with Crippen molar-refractivity contribution >= 4 is 5.91 Å². The van der Waals surface area contributed by atoms with Crippen molar-refractivity contribution in [1.29, 1.82) is 0 Å². The van der Waals surface area contributed by atoms with Crippen LogP contribution in [0.3, 0.4) is 0 Å². The fraction of sp³-hybridized carbons (Fsp3) is 0.611. The number of carbonyl (C=O) groups excluding carboxylic acids is 1. The molecule has 1 aromatic carbocycles. The molecule has 1 unspecified atom stereocenters. The number of aliphatic hydroxyl groups excluding tert-OH is 1. The maximum Gasteiger partial charge on any atom is 0.251 e. The van der Waals surface area contributed by atoms with Gasteiger partial charge in [-0.1, -0.05) is 19.9 Å². The van der Waals surface area contributed by atoms with Gasteiger partial charge >= 0.3 is 0 Å². The first-order valence-corrected chi connectivity index (χ1v) is 7.95. The van der Waals surface area contributed by atoms with Crippen LogP contribution in [0.15, 0.2) is 18.2 Å². The summed E-state index contributed by atoms with van der Waals surface area (Å²) in [7, 11) is 0. The summed E-state index contributed by atoms with van der Waals surface area (Å²) in [6.07, 6.45) is 5.03. The molecule has 116 valence electrons. The van der Waals surface area contributed by atoms with E-state index in [2.05, 4.69) is 25.2 Å². The highest BCUT2D eigenvalue weighted by Crippen LogP contribution is 2.23. The standard InChI is InChI=1S/C18H27NO2/c1-13(20)11-18(2,3)12-19-17(21)16-9-8-14-6-4-5-7-15(14)10-16/h8-10,13,20H,4-7,11-12H2,1-3H3,(H,19,21). The van der Waals surface area contributed by atoms with E-state index in [1.165, 1.54) is 24.0 Å². The summed E-state index contributed by atoms with van der Waals surface area (Å²) in [5, 5.41) is 12.5. The monoisotopic (exact) mass is 289 g/mol. The fourth-order valence-electron chi connectivity index (χ4n) is 3.17. The molecule has 2 N–H and O–H groups in total. The molecule has 0 bridgehead atoms. The molecule has 0 saturated heterocycles. The summed E-state index contributed by atoms with van der Waals surface area (Å²) >= 11 is 0. The van der Waals surface area contributed by atoms with Gasteiger partial charge in [0.15, 0.2) is 0 Å². The van der Waals surface area contributed by atoms with Crippen LogP contribution in [0.2, 0.25) is 0 Å². The number of nitrogens with one attached hydrogen (secondary N) is 1. The molecule has 1 aliphatic carbocycles. The minimum absolute atomic E-state index is 0.0120. The number of hydrogen-bond donors (Lipinski definition) is 2. The first-order chi connectivity index (χ1) is 9.87. The molecular weight excluding hydrogens is 262 g/mol. The Bertz CT molecular complexity index is 506. The van der Waals surface area contributed by atoms with E-state index in [-0.39, 0.29) is 17.4 Å². The number of rotatable bonds is 5. The van der Waals surface area contributed by atoms with E-state index < -0.39 is 0 Å². The maximum atomic E-state index is 12.3. The molecule has 0 radical (unpaired) electrons. The van der Waals surface area contributed by atoms with Crippen molar-refractivity contribution in [2.75, 3.05) is 6.54 Å². The van der Waals surface area contributed by atoms with Crippen molar-refractivity contribution in [1.82, 2.24) is 5.32 Å². The van der Waals surface area contributed by atoms with Crippen molar-refractivity contribution < 1.29 is 9.90 Å². The SMILES string of the molecule is CC(O)CC(C)(C)CNC(=O)c1ccc2c(c1)CCCC2. The lowest BCUT2D eigenvalue weighted by atomic mass is 9.86. The Labute approximate surface area is 127 Å². The lowest BCUT2D eigenvalue weighted by Crippen LogP contribution is -2.35. The molecular formula is C18H27NO2. The first-order valence-electron chi connectivity index (χ1n) is 7.95. The Morgan fingerprint density at radius 2 is 1.95 bits per heavy atom. The topological polar surface area (TPSA) is 49.3 Å². The van der Waals surface area contributed by atoms with Gasteiger partial charge in [0.2, 0.25) is 0 Å². The van der Waals surface area contributed by atoms with Crippen LogP contribution in [0.4, 0.5) is 0 Å². The van der Waals surface area contributed by atoms with Crippen LogP contribution < -0.4 is 5.32 Å². The number of aliphatic hydroxyl groups is 1. The smallest absolute Gasteiger partial charge is 0.251 e. The van der Waals surface area contributed by atoms with Gasteiger partial charge in [0.1, 0.15) is 0 Å². The van der Waals surface area contributed by atoms with E-state index >= 15 is 0 Å². The van der Waals surface area contributed by atoms with E-state index in [1.54, 1.807) is 6.92 Å². The molecule has 0 aromatic heterocycles. The third kappa shape index (κ3) is 4.57. The van der Waals surface area contributed by atoms with Crippen LogP contribution in [0.25, 0.3) is 0 Å². The molecule has 0 spiro atoms. The molecule has 1 aliphatic rings. The van der Waals surface area contributed by atoms with Gasteiger partial charge < -0.3 is 10.4 Å². The molecule has 3 heteroatoms. The van der Waals surface area contributed by atoms with Gasteiger partial charge in [-0.2, -0.15) is 0 Å². The molecule has 0 heterocycles. The number of amides is 1. The average Bonchev–Trinajstić information content (AvgIpc) is 2.43. The normalized spacial score (nSPS) is 16.2. The Balaban J connectivity index is 1.97. The molecule has 21 heavy (non-hydrogen) atoms. The fourth-order valence-corrected chi connectivity index (χ4v) is 3.17. The summed E-state index contributed by atoms with van der Waals surface area (Å²) in [5.41, 5.74) is 3.38. The molecule has 1 atom stereocenters. The van der Waals surface area contributed by atoms with Crippen LogP contribution in [-0.4, -0.2) is 23.7 Å². The van der Waals surface area contributed by atoms with E-state index in [1.807, 2.05) is 12.1 Å². The van der Waals surface area contributed by atoms with Gasteiger partial charge in [0, 0.05) is 12.1 Å². The second kappa shape index (κ2) is 6.61. The van der Waals surface area contributed by atoms with E-state index in [0.29, 0.717) is 13.0 Å². The molecule has 0 fully saturated rings. The van der Waals surface area contributed by atoms with Crippen LogP contribution >= 0.6 is 0 Å². The zero-order valence-electron chi connectivity index (χ0n) is 13.4. The van der Waals surface area contributed by atoms with Crippen molar-refractivity contribution in [3.8, 4) is 0 Å². The quantitative estimate of drug-likeness (QED) is 0.875. The van der Waals surface area contributed by atoms with Gasteiger partial charge in [-0.25, -0.2) is 0 Å². The summed E-state index contributed by atoms with van der Waals surface area (Å²) in [4.78, 5) is 12.3. The Hall–Kier alpha value is -1.35. The number of fused-ring (bicyclic) bond motifs is 1. The number of benzene rings is 1.